The Bertz CT molecular complexity index is 523. The first-order valence-corrected chi connectivity index (χ1v) is 13.1. The van der Waals surface area contributed by atoms with Crippen LogP contribution < -0.4 is 5.32 Å². The number of nitrogens with zero attached hydrogens (tertiary/aromatic N) is 3. The van der Waals surface area contributed by atoms with Crippen LogP contribution >= 0.6 is 0 Å². The van der Waals surface area contributed by atoms with Crippen molar-refractivity contribution < 1.29 is 0 Å². The van der Waals surface area contributed by atoms with E-state index in [0.29, 0.717) is 18.0 Å². The molecule has 30 heavy (non-hydrogen) atoms. The molecular weight excluding hydrogens is 368 g/mol. The number of aromatic nitrogens is 2. The summed E-state index contributed by atoms with van der Waals surface area (Å²) in [5, 5.41) is 8.31. The maximum atomic E-state index is 4.68. The van der Waals surface area contributed by atoms with Gasteiger partial charge in [0.2, 0.25) is 0 Å². The van der Waals surface area contributed by atoms with Crippen molar-refractivity contribution in [2.75, 3.05) is 19.6 Å². The second-order valence-electron chi connectivity index (χ2n) is 9.07. The van der Waals surface area contributed by atoms with Crippen molar-refractivity contribution in [3.05, 3.63) is 18.0 Å². The van der Waals surface area contributed by atoms with Gasteiger partial charge >= 0.3 is 0 Å². The normalized spacial score (nSPS) is 23.9. The molecule has 0 aromatic carbocycles. The predicted molar refractivity (Wildman–Crippen MR) is 132 cm³/mol. The molecule has 176 valence electrons. The van der Waals surface area contributed by atoms with E-state index in [9.17, 15) is 0 Å². The van der Waals surface area contributed by atoms with Gasteiger partial charge in [0.15, 0.2) is 0 Å². The summed E-state index contributed by atoms with van der Waals surface area (Å²) in [7, 11) is 0. The first-order chi connectivity index (χ1) is 14.6. The Labute approximate surface area is 188 Å². The molecule has 1 aromatic heterocycles. The molecule has 0 amide bonds. The quantitative estimate of drug-likeness (QED) is 0.536. The fourth-order valence-electron chi connectivity index (χ4n) is 4.67. The summed E-state index contributed by atoms with van der Waals surface area (Å²) in [5.41, 5.74) is 1.41. The minimum Gasteiger partial charge on any atom is -0.314 e. The van der Waals surface area contributed by atoms with E-state index in [4.69, 9.17) is 0 Å². The predicted octanol–water partition coefficient (Wildman–Crippen LogP) is 6.64. The minimum atomic E-state index is 0.607. The van der Waals surface area contributed by atoms with E-state index in [0.717, 1.165) is 12.0 Å². The average Bonchev–Trinajstić information content (AvgIpc) is 3.31. The molecule has 0 radical (unpaired) electrons. The highest BCUT2D eigenvalue weighted by Gasteiger charge is 2.29. The molecule has 2 aliphatic rings. The fourth-order valence-corrected chi connectivity index (χ4v) is 4.67. The summed E-state index contributed by atoms with van der Waals surface area (Å²) in [6, 6.07) is 2.06. The van der Waals surface area contributed by atoms with Crippen LogP contribution in [0.15, 0.2) is 12.4 Å². The number of likely N-dealkylation sites (tertiary alicyclic amines) is 1. The van der Waals surface area contributed by atoms with Gasteiger partial charge in [-0.05, 0) is 68.9 Å². The second-order valence-corrected chi connectivity index (χ2v) is 9.07. The maximum Gasteiger partial charge on any atom is 0.0543 e. The monoisotopic (exact) mass is 420 g/mol. The lowest BCUT2D eigenvalue weighted by atomic mass is 9.84. The van der Waals surface area contributed by atoms with Crippen LogP contribution in [-0.2, 0) is 0 Å². The first-order valence-electron chi connectivity index (χ1n) is 13.1. The number of hydrogen-bond donors (Lipinski definition) is 1. The summed E-state index contributed by atoms with van der Waals surface area (Å²) >= 11 is 0. The third-order valence-corrected chi connectivity index (χ3v) is 6.82. The van der Waals surface area contributed by atoms with Gasteiger partial charge in [0.25, 0.3) is 0 Å². The van der Waals surface area contributed by atoms with Crippen molar-refractivity contribution in [2.45, 2.75) is 124 Å². The van der Waals surface area contributed by atoms with Crippen molar-refractivity contribution in [1.29, 1.82) is 0 Å². The van der Waals surface area contributed by atoms with Crippen LogP contribution in [-0.4, -0.2) is 46.4 Å². The van der Waals surface area contributed by atoms with Crippen molar-refractivity contribution >= 4 is 0 Å². The number of nitrogens with one attached hydrogen (secondary N) is 1. The lowest BCUT2D eigenvalue weighted by Crippen LogP contribution is -2.44. The summed E-state index contributed by atoms with van der Waals surface area (Å²) in [4.78, 5) is 2.78. The fraction of sp³-hybridized carbons (Fsp3) is 0.885. The molecule has 4 nitrogen and oxygen atoms in total. The van der Waals surface area contributed by atoms with E-state index < -0.39 is 0 Å². The molecular formula is C26H52N4. The van der Waals surface area contributed by atoms with Crippen molar-refractivity contribution in [3.8, 4) is 0 Å². The number of piperidine rings is 1. The Balaban J connectivity index is 0.00000106. The Morgan fingerprint density at radius 3 is 2.07 bits per heavy atom. The van der Waals surface area contributed by atoms with Gasteiger partial charge in [0, 0.05) is 31.4 Å². The van der Waals surface area contributed by atoms with Gasteiger partial charge < -0.3 is 10.2 Å². The van der Waals surface area contributed by atoms with Gasteiger partial charge in [-0.25, -0.2) is 0 Å². The Morgan fingerprint density at radius 2 is 1.53 bits per heavy atom. The van der Waals surface area contributed by atoms with E-state index in [1.165, 1.54) is 70.1 Å². The molecule has 0 bridgehead atoms. The number of hydrogen-bond acceptors (Lipinski definition) is 3. The second kappa shape index (κ2) is 15.0. The SMILES string of the molecule is CC.CC.CCC(C)c1cnn(C2CCN(C3CCC(CNC(C)C)CC3)CC2)c1. The molecule has 3 rings (SSSR count). The van der Waals surface area contributed by atoms with Gasteiger partial charge in [-0.2, -0.15) is 5.10 Å². The van der Waals surface area contributed by atoms with Crippen molar-refractivity contribution in [2.24, 2.45) is 5.92 Å². The van der Waals surface area contributed by atoms with Crippen LogP contribution in [0.1, 0.15) is 118 Å². The van der Waals surface area contributed by atoms with Gasteiger partial charge in [0.1, 0.15) is 0 Å². The molecule has 2 heterocycles. The van der Waals surface area contributed by atoms with Crippen LogP contribution in [0.3, 0.4) is 0 Å². The Hall–Kier alpha value is -0.870. The highest BCUT2D eigenvalue weighted by atomic mass is 15.3. The molecule has 1 saturated carbocycles. The van der Waals surface area contributed by atoms with Crippen LogP contribution in [0, 0.1) is 5.92 Å². The summed E-state index contributed by atoms with van der Waals surface area (Å²) in [6.07, 6.45) is 13.7. The van der Waals surface area contributed by atoms with Gasteiger partial charge in [-0.1, -0.05) is 55.4 Å². The van der Waals surface area contributed by atoms with E-state index in [1.807, 2.05) is 27.7 Å². The zero-order valence-electron chi connectivity index (χ0n) is 21.5. The molecule has 1 aliphatic heterocycles. The Morgan fingerprint density at radius 1 is 0.933 bits per heavy atom. The molecule has 2 fully saturated rings. The maximum absolute atomic E-state index is 4.68. The molecule has 4 heteroatoms. The lowest BCUT2D eigenvalue weighted by Gasteiger charge is -2.41. The lowest BCUT2D eigenvalue weighted by molar-refractivity contribution is 0.0933. The van der Waals surface area contributed by atoms with Crippen LogP contribution in [0.4, 0.5) is 0 Å². The van der Waals surface area contributed by atoms with Crippen LogP contribution in [0.5, 0.6) is 0 Å². The largest absolute Gasteiger partial charge is 0.314 e. The van der Waals surface area contributed by atoms with Crippen LogP contribution in [0.2, 0.25) is 0 Å². The number of rotatable bonds is 7. The Kier molecular flexibility index (Phi) is 13.6. The van der Waals surface area contributed by atoms with E-state index in [2.05, 4.69) is 60.1 Å². The highest BCUT2D eigenvalue weighted by molar-refractivity contribution is 5.10. The molecule has 1 aromatic rings. The average molecular weight is 421 g/mol. The molecule has 1 N–H and O–H groups in total. The summed E-state index contributed by atoms with van der Waals surface area (Å²) in [5.74, 6) is 1.53. The zero-order valence-corrected chi connectivity index (χ0v) is 21.5. The van der Waals surface area contributed by atoms with Gasteiger partial charge in [-0.3, -0.25) is 4.68 Å². The smallest absolute Gasteiger partial charge is 0.0543 e. The van der Waals surface area contributed by atoms with Crippen molar-refractivity contribution in [1.82, 2.24) is 20.0 Å². The zero-order chi connectivity index (χ0) is 22.5. The first kappa shape index (κ1) is 27.2. The van der Waals surface area contributed by atoms with E-state index in [1.54, 1.807) is 0 Å². The molecule has 1 aliphatic carbocycles. The molecule has 1 atom stereocenters. The van der Waals surface area contributed by atoms with Gasteiger partial charge in [0.05, 0.1) is 12.2 Å². The van der Waals surface area contributed by atoms with Crippen molar-refractivity contribution in [3.63, 3.8) is 0 Å². The standard InChI is InChI=1S/C22H40N4.2C2H6/c1-5-18(4)20-15-24-26(16-20)22-10-12-25(13-11-22)21-8-6-19(7-9-21)14-23-17(2)3;2*1-2/h15-19,21-23H,5-14H2,1-4H3;2*1-2H3. The van der Waals surface area contributed by atoms with E-state index in [-0.39, 0.29) is 0 Å². The van der Waals surface area contributed by atoms with Gasteiger partial charge in [-0.15, -0.1) is 0 Å². The third kappa shape index (κ3) is 8.34. The molecule has 1 saturated heterocycles. The van der Waals surface area contributed by atoms with Crippen LogP contribution in [0.25, 0.3) is 0 Å². The topological polar surface area (TPSA) is 33.1 Å². The van der Waals surface area contributed by atoms with E-state index >= 15 is 0 Å². The molecule has 1 unspecified atom stereocenters. The minimum absolute atomic E-state index is 0.607. The summed E-state index contributed by atoms with van der Waals surface area (Å²) in [6.45, 7) is 20.8. The third-order valence-electron chi connectivity index (χ3n) is 6.82. The summed E-state index contributed by atoms with van der Waals surface area (Å²) < 4.78 is 2.26. The highest BCUT2D eigenvalue weighted by Crippen LogP contribution is 2.31. The molecule has 0 spiro atoms.